The molecule has 0 aromatic carbocycles. The molecule has 0 saturated heterocycles. The van der Waals surface area contributed by atoms with Gasteiger partial charge < -0.3 is 20.1 Å². The van der Waals surface area contributed by atoms with Crippen molar-refractivity contribution in [3.8, 4) is 0 Å². The fourth-order valence-corrected chi connectivity index (χ4v) is 3.63. The topological polar surface area (TPSA) is 87.0 Å². The molecule has 0 bridgehead atoms. The Balaban J connectivity index is 3.42. The quantitative estimate of drug-likeness (QED) is 0.182. The van der Waals surface area contributed by atoms with E-state index in [2.05, 4.69) is 6.92 Å². The number of rotatable bonds is 23. The first-order chi connectivity index (χ1) is 14.1. The van der Waals surface area contributed by atoms with E-state index in [1.807, 2.05) is 0 Å². The molecule has 5 heteroatoms. The third-order valence-electron chi connectivity index (χ3n) is 5.58. The molecule has 2 unspecified atom stereocenters. The van der Waals surface area contributed by atoms with Crippen molar-refractivity contribution in [2.75, 3.05) is 13.2 Å². The summed E-state index contributed by atoms with van der Waals surface area (Å²) in [5.74, 6) is -0.804. The van der Waals surface area contributed by atoms with Gasteiger partial charge in [-0.3, -0.25) is 4.79 Å². The highest BCUT2D eigenvalue weighted by Gasteiger charge is 2.18. The first-order valence-electron chi connectivity index (χ1n) is 12.2. The van der Waals surface area contributed by atoms with E-state index >= 15 is 0 Å². The van der Waals surface area contributed by atoms with Gasteiger partial charge >= 0.3 is 5.97 Å². The van der Waals surface area contributed by atoms with E-state index in [1.165, 1.54) is 77.0 Å². The van der Waals surface area contributed by atoms with E-state index in [4.69, 9.17) is 9.84 Å². The van der Waals surface area contributed by atoms with Crippen molar-refractivity contribution in [2.24, 2.45) is 0 Å². The number of aliphatic carboxylic acids is 1. The predicted octanol–water partition coefficient (Wildman–Crippen LogP) is 5.85. The molecule has 0 spiro atoms. The van der Waals surface area contributed by atoms with Crippen LogP contribution in [0.3, 0.4) is 0 Å². The summed E-state index contributed by atoms with van der Waals surface area (Å²) in [6, 6.07) is 0. The van der Waals surface area contributed by atoms with Crippen LogP contribution in [0.1, 0.15) is 122 Å². The van der Waals surface area contributed by atoms with E-state index < -0.39 is 18.2 Å². The van der Waals surface area contributed by atoms with Crippen molar-refractivity contribution in [3.63, 3.8) is 0 Å². The standard InChI is InChI=1S/C24H48O5/c1-2-3-4-5-6-7-8-9-10-11-12-13-14-15-18-22(26)23(21-25)29-20-17-16-19-24(27)28/h22-23,25-26H,2-21H2,1H3,(H,27,28). The minimum atomic E-state index is -0.804. The van der Waals surface area contributed by atoms with Crippen LogP contribution in [0.25, 0.3) is 0 Å². The zero-order chi connectivity index (χ0) is 21.6. The van der Waals surface area contributed by atoms with Crippen molar-refractivity contribution >= 4 is 5.97 Å². The Hall–Kier alpha value is -0.650. The molecule has 2 atom stereocenters. The highest BCUT2D eigenvalue weighted by atomic mass is 16.5. The van der Waals surface area contributed by atoms with Gasteiger partial charge in [-0.15, -0.1) is 0 Å². The van der Waals surface area contributed by atoms with E-state index in [9.17, 15) is 15.0 Å². The fourth-order valence-electron chi connectivity index (χ4n) is 3.63. The molecular weight excluding hydrogens is 368 g/mol. The number of carbonyl (C=O) groups is 1. The molecule has 0 aliphatic rings. The van der Waals surface area contributed by atoms with Gasteiger partial charge in [0.05, 0.1) is 12.7 Å². The first-order valence-corrected chi connectivity index (χ1v) is 12.2. The van der Waals surface area contributed by atoms with E-state index in [0.717, 1.165) is 12.8 Å². The number of unbranched alkanes of at least 4 members (excludes halogenated alkanes) is 14. The normalized spacial score (nSPS) is 13.5. The third kappa shape index (κ3) is 20.4. The van der Waals surface area contributed by atoms with Crippen LogP contribution in [0, 0.1) is 0 Å². The third-order valence-corrected chi connectivity index (χ3v) is 5.58. The number of carboxylic acid groups (broad SMARTS) is 1. The average molecular weight is 417 g/mol. The van der Waals surface area contributed by atoms with Crippen molar-refractivity contribution in [1.82, 2.24) is 0 Å². The summed E-state index contributed by atoms with van der Waals surface area (Å²) in [6.07, 6.45) is 19.1. The summed E-state index contributed by atoms with van der Waals surface area (Å²) in [6.45, 7) is 2.45. The summed E-state index contributed by atoms with van der Waals surface area (Å²) >= 11 is 0. The van der Waals surface area contributed by atoms with Gasteiger partial charge in [0, 0.05) is 13.0 Å². The van der Waals surface area contributed by atoms with Crippen LogP contribution in [0.4, 0.5) is 0 Å². The Bertz CT molecular complexity index is 348. The second kappa shape index (κ2) is 22.0. The molecule has 5 nitrogen and oxygen atoms in total. The molecule has 29 heavy (non-hydrogen) atoms. The van der Waals surface area contributed by atoms with E-state index in [-0.39, 0.29) is 13.0 Å². The molecule has 0 radical (unpaired) electrons. The van der Waals surface area contributed by atoms with Crippen molar-refractivity contribution < 1.29 is 24.9 Å². The molecule has 0 aliphatic heterocycles. The van der Waals surface area contributed by atoms with Gasteiger partial charge in [0.15, 0.2) is 0 Å². The maximum atomic E-state index is 10.5. The summed E-state index contributed by atoms with van der Waals surface area (Å²) < 4.78 is 5.51. The lowest BCUT2D eigenvalue weighted by atomic mass is 10.0. The maximum absolute atomic E-state index is 10.5. The lowest BCUT2D eigenvalue weighted by Crippen LogP contribution is -2.32. The van der Waals surface area contributed by atoms with Crippen molar-refractivity contribution in [2.45, 2.75) is 135 Å². The van der Waals surface area contributed by atoms with Gasteiger partial charge in [0.25, 0.3) is 0 Å². The second-order valence-corrected chi connectivity index (χ2v) is 8.39. The summed E-state index contributed by atoms with van der Waals surface area (Å²) in [5.41, 5.74) is 0. The highest BCUT2D eigenvalue weighted by molar-refractivity contribution is 5.66. The minimum absolute atomic E-state index is 0.134. The highest BCUT2D eigenvalue weighted by Crippen LogP contribution is 2.15. The molecule has 0 aromatic rings. The number of hydrogen-bond acceptors (Lipinski definition) is 4. The Labute approximate surface area is 179 Å². The smallest absolute Gasteiger partial charge is 0.303 e. The Morgan fingerprint density at radius 2 is 1.24 bits per heavy atom. The molecule has 0 rings (SSSR count). The maximum Gasteiger partial charge on any atom is 0.303 e. The molecule has 0 saturated carbocycles. The van der Waals surface area contributed by atoms with E-state index in [1.54, 1.807) is 0 Å². The van der Waals surface area contributed by atoms with Gasteiger partial charge in [0.1, 0.15) is 6.10 Å². The number of ether oxygens (including phenoxy) is 1. The Kier molecular flexibility index (Phi) is 21.6. The largest absolute Gasteiger partial charge is 0.481 e. The van der Waals surface area contributed by atoms with Crippen LogP contribution in [0.2, 0.25) is 0 Å². The lowest BCUT2D eigenvalue weighted by molar-refractivity contribution is -0.137. The Morgan fingerprint density at radius 3 is 1.69 bits per heavy atom. The van der Waals surface area contributed by atoms with Gasteiger partial charge in [0.2, 0.25) is 0 Å². The minimum Gasteiger partial charge on any atom is -0.481 e. The molecule has 0 aliphatic carbocycles. The summed E-state index contributed by atoms with van der Waals surface area (Å²) in [5, 5.41) is 28.1. The van der Waals surface area contributed by atoms with Crippen molar-refractivity contribution in [1.29, 1.82) is 0 Å². The molecule has 0 fully saturated rings. The van der Waals surface area contributed by atoms with Gasteiger partial charge in [-0.2, -0.15) is 0 Å². The molecule has 0 heterocycles. The number of aliphatic hydroxyl groups is 2. The molecule has 3 N–H and O–H groups in total. The fraction of sp³-hybridized carbons (Fsp3) is 0.958. The van der Waals surface area contributed by atoms with Gasteiger partial charge in [-0.1, -0.05) is 96.8 Å². The van der Waals surface area contributed by atoms with Crippen LogP contribution in [-0.2, 0) is 9.53 Å². The summed E-state index contributed by atoms with van der Waals surface area (Å²) in [7, 11) is 0. The zero-order valence-corrected chi connectivity index (χ0v) is 19.0. The monoisotopic (exact) mass is 416 g/mol. The second-order valence-electron chi connectivity index (χ2n) is 8.39. The van der Waals surface area contributed by atoms with Crippen molar-refractivity contribution in [3.05, 3.63) is 0 Å². The summed E-state index contributed by atoms with van der Waals surface area (Å²) in [4.78, 5) is 10.5. The van der Waals surface area contributed by atoms with Crippen LogP contribution < -0.4 is 0 Å². The number of hydrogen-bond donors (Lipinski definition) is 3. The SMILES string of the molecule is CCCCCCCCCCCCCCCCC(O)C(CO)OCCCCC(=O)O. The lowest BCUT2D eigenvalue weighted by Gasteiger charge is -2.21. The number of carboxylic acids is 1. The predicted molar refractivity (Wildman–Crippen MR) is 119 cm³/mol. The molecular formula is C24H48O5. The zero-order valence-electron chi connectivity index (χ0n) is 19.0. The van der Waals surface area contributed by atoms with Crippen LogP contribution >= 0.6 is 0 Å². The van der Waals surface area contributed by atoms with Crippen LogP contribution in [0.5, 0.6) is 0 Å². The molecule has 0 amide bonds. The molecule has 0 aromatic heterocycles. The molecule has 174 valence electrons. The van der Waals surface area contributed by atoms with E-state index in [0.29, 0.717) is 25.9 Å². The van der Waals surface area contributed by atoms with Gasteiger partial charge in [-0.05, 0) is 19.3 Å². The Morgan fingerprint density at radius 1 is 0.759 bits per heavy atom. The average Bonchev–Trinajstić information content (AvgIpc) is 2.70. The first kappa shape index (κ1) is 28.4. The van der Waals surface area contributed by atoms with Crippen LogP contribution in [-0.4, -0.2) is 46.7 Å². The van der Waals surface area contributed by atoms with Crippen LogP contribution in [0.15, 0.2) is 0 Å². The number of aliphatic hydroxyl groups excluding tert-OH is 2. The van der Waals surface area contributed by atoms with Gasteiger partial charge in [-0.25, -0.2) is 0 Å².